The fraction of sp³-hybridized carbons (Fsp3) is 0.158. The van der Waals surface area contributed by atoms with E-state index in [1.807, 2.05) is 30.5 Å². The molecular formula is C19H18N6O2. The highest BCUT2D eigenvalue weighted by molar-refractivity contribution is 5.98. The molecular weight excluding hydrogens is 344 g/mol. The fourth-order valence-electron chi connectivity index (χ4n) is 2.88. The predicted molar refractivity (Wildman–Crippen MR) is 99.7 cm³/mol. The molecule has 0 unspecified atom stereocenters. The standard InChI is InChI=1S/C19H18N6O2/c26-18(15-3-1-4-16(11-15)24-10-8-20-19(24)27)22-13-14-5-6-17(21-12-14)25-9-2-7-23-25/h1-7,9,11-12H,8,10,13H2,(H,20,27)(H,22,26). The second-order valence-electron chi connectivity index (χ2n) is 6.09. The van der Waals surface area contributed by atoms with Crippen LogP contribution in [0.15, 0.2) is 61.1 Å². The number of carbonyl (C=O) groups excluding carboxylic acids is 2. The number of aromatic nitrogens is 3. The Morgan fingerprint density at radius 2 is 2.15 bits per heavy atom. The zero-order valence-electron chi connectivity index (χ0n) is 14.5. The molecule has 0 radical (unpaired) electrons. The van der Waals surface area contributed by atoms with Gasteiger partial charge < -0.3 is 10.6 Å². The van der Waals surface area contributed by atoms with E-state index in [0.29, 0.717) is 36.7 Å². The highest BCUT2D eigenvalue weighted by Gasteiger charge is 2.21. The molecule has 1 aliphatic rings. The summed E-state index contributed by atoms with van der Waals surface area (Å²) in [6, 6.07) is 12.5. The van der Waals surface area contributed by atoms with Crippen LogP contribution < -0.4 is 15.5 Å². The summed E-state index contributed by atoms with van der Waals surface area (Å²) < 4.78 is 1.67. The third-order valence-electron chi connectivity index (χ3n) is 4.28. The summed E-state index contributed by atoms with van der Waals surface area (Å²) in [5.74, 6) is 0.513. The smallest absolute Gasteiger partial charge is 0.321 e. The van der Waals surface area contributed by atoms with Crippen LogP contribution in [0.2, 0.25) is 0 Å². The van der Waals surface area contributed by atoms with E-state index in [0.717, 1.165) is 5.56 Å². The molecule has 136 valence electrons. The van der Waals surface area contributed by atoms with Crippen molar-refractivity contribution in [3.8, 4) is 5.82 Å². The Hall–Kier alpha value is -3.68. The van der Waals surface area contributed by atoms with Crippen LogP contribution in [0, 0.1) is 0 Å². The van der Waals surface area contributed by atoms with E-state index in [1.165, 1.54) is 0 Å². The number of rotatable bonds is 5. The zero-order valence-corrected chi connectivity index (χ0v) is 14.5. The van der Waals surface area contributed by atoms with Crippen molar-refractivity contribution in [2.24, 2.45) is 0 Å². The van der Waals surface area contributed by atoms with E-state index >= 15 is 0 Å². The van der Waals surface area contributed by atoms with E-state index < -0.39 is 0 Å². The summed E-state index contributed by atoms with van der Waals surface area (Å²) >= 11 is 0. The van der Waals surface area contributed by atoms with Crippen LogP contribution in [0.5, 0.6) is 0 Å². The fourth-order valence-corrected chi connectivity index (χ4v) is 2.88. The van der Waals surface area contributed by atoms with E-state index in [4.69, 9.17) is 0 Å². The molecule has 0 bridgehead atoms. The SMILES string of the molecule is O=C(NCc1ccc(-n2cccn2)nc1)c1cccc(N2CCNC2=O)c1. The lowest BCUT2D eigenvalue weighted by atomic mass is 10.1. The zero-order chi connectivity index (χ0) is 18.6. The number of hydrogen-bond acceptors (Lipinski definition) is 4. The van der Waals surface area contributed by atoms with Crippen LogP contribution in [-0.2, 0) is 6.54 Å². The molecule has 1 saturated heterocycles. The van der Waals surface area contributed by atoms with Crippen molar-refractivity contribution in [2.45, 2.75) is 6.54 Å². The molecule has 0 saturated carbocycles. The third kappa shape index (κ3) is 3.64. The van der Waals surface area contributed by atoms with Crippen molar-refractivity contribution in [1.82, 2.24) is 25.4 Å². The van der Waals surface area contributed by atoms with Gasteiger partial charge in [-0.15, -0.1) is 0 Å². The minimum absolute atomic E-state index is 0.143. The summed E-state index contributed by atoms with van der Waals surface area (Å²) in [5, 5.41) is 9.76. The van der Waals surface area contributed by atoms with Gasteiger partial charge in [-0.25, -0.2) is 14.5 Å². The number of nitrogens with zero attached hydrogens (tertiary/aromatic N) is 4. The van der Waals surface area contributed by atoms with Crippen molar-refractivity contribution < 1.29 is 9.59 Å². The Morgan fingerprint density at radius 3 is 2.85 bits per heavy atom. The first-order chi connectivity index (χ1) is 13.2. The van der Waals surface area contributed by atoms with Crippen molar-refractivity contribution in [1.29, 1.82) is 0 Å². The Labute approximate surface area is 155 Å². The van der Waals surface area contributed by atoms with Crippen molar-refractivity contribution in [3.63, 3.8) is 0 Å². The summed E-state index contributed by atoms with van der Waals surface area (Å²) in [6.07, 6.45) is 5.22. The van der Waals surface area contributed by atoms with E-state index in [-0.39, 0.29) is 11.9 Å². The van der Waals surface area contributed by atoms with Crippen molar-refractivity contribution >= 4 is 17.6 Å². The average Bonchev–Trinajstić information content (AvgIpc) is 3.38. The number of hydrogen-bond donors (Lipinski definition) is 2. The number of carbonyl (C=O) groups is 2. The molecule has 3 aromatic rings. The van der Waals surface area contributed by atoms with Crippen molar-refractivity contribution in [3.05, 3.63) is 72.2 Å². The van der Waals surface area contributed by atoms with Crippen molar-refractivity contribution in [2.75, 3.05) is 18.0 Å². The van der Waals surface area contributed by atoms with Gasteiger partial charge in [-0.1, -0.05) is 12.1 Å². The predicted octanol–water partition coefficient (Wildman–Crippen LogP) is 1.73. The lowest BCUT2D eigenvalue weighted by Gasteiger charge is -2.15. The second kappa shape index (κ2) is 7.28. The maximum Gasteiger partial charge on any atom is 0.321 e. The first-order valence-corrected chi connectivity index (χ1v) is 8.59. The molecule has 0 atom stereocenters. The number of amides is 3. The van der Waals surface area contributed by atoms with Crippen LogP contribution in [0.3, 0.4) is 0 Å². The Balaban J connectivity index is 1.40. The van der Waals surface area contributed by atoms with Crippen LogP contribution in [-0.4, -0.2) is 39.8 Å². The highest BCUT2D eigenvalue weighted by atomic mass is 16.2. The van der Waals surface area contributed by atoms with Gasteiger partial charge in [-0.2, -0.15) is 5.10 Å². The first kappa shape index (κ1) is 16.8. The maximum atomic E-state index is 12.5. The molecule has 3 heterocycles. The number of pyridine rings is 1. The molecule has 1 fully saturated rings. The van der Waals surface area contributed by atoms with Gasteiger partial charge in [0.25, 0.3) is 5.91 Å². The van der Waals surface area contributed by atoms with E-state index in [9.17, 15) is 9.59 Å². The number of urea groups is 1. The Morgan fingerprint density at radius 1 is 1.22 bits per heavy atom. The summed E-state index contributed by atoms with van der Waals surface area (Å²) in [5.41, 5.74) is 2.10. The van der Waals surface area contributed by atoms with Crippen LogP contribution in [0.1, 0.15) is 15.9 Å². The molecule has 8 heteroatoms. The maximum absolute atomic E-state index is 12.5. The second-order valence-corrected chi connectivity index (χ2v) is 6.09. The number of nitrogens with one attached hydrogen (secondary N) is 2. The minimum atomic E-state index is -0.201. The quantitative estimate of drug-likeness (QED) is 0.723. The summed E-state index contributed by atoms with van der Waals surface area (Å²) in [6.45, 7) is 1.56. The largest absolute Gasteiger partial charge is 0.348 e. The number of benzene rings is 1. The lowest BCUT2D eigenvalue weighted by molar-refractivity contribution is 0.0951. The number of anilines is 1. The van der Waals surface area contributed by atoms with E-state index in [2.05, 4.69) is 20.7 Å². The first-order valence-electron chi connectivity index (χ1n) is 8.59. The van der Waals surface area contributed by atoms with Gasteiger partial charge in [-0.05, 0) is 35.9 Å². The lowest BCUT2D eigenvalue weighted by Crippen LogP contribution is -2.28. The minimum Gasteiger partial charge on any atom is -0.348 e. The monoisotopic (exact) mass is 362 g/mol. The van der Waals surface area contributed by atoms with Gasteiger partial charge in [0.05, 0.1) is 0 Å². The average molecular weight is 362 g/mol. The topological polar surface area (TPSA) is 92.2 Å². The molecule has 8 nitrogen and oxygen atoms in total. The molecule has 0 aliphatic carbocycles. The molecule has 1 aliphatic heterocycles. The molecule has 4 rings (SSSR count). The molecule has 2 N–H and O–H groups in total. The molecule has 3 amide bonds. The van der Waals surface area contributed by atoms with Gasteiger partial charge in [0.2, 0.25) is 0 Å². The van der Waals surface area contributed by atoms with E-state index in [1.54, 1.807) is 40.2 Å². The van der Waals surface area contributed by atoms with Crippen LogP contribution in [0.4, 0.5) is 10.5 Å². The summed E-state index contributed by atoms with van der Waals surface area (Å²) in [7, 11) is 0. The Kier molecular flexibility index (Phi) is 4.52. The van der Waals surface area contributed by atoms with Gasteiger partial charge in [-0.3, -0.25) is 9.69 Å². The van der Waals surface area contributed by atoms with Gasteiger partial charge in [0, 0.05) is 49.5 Å². The van der Waals surface area contributed by atoms with Gasteiger partial charge in [0.1, 0.15) is 0 Å². The van der Waals surface area contributed by atoms with Gasteiger partial charge in [0.15, 0.2) is 5.82 Å². The summed E-state index contributed by atoms with van der Waals surface area (Å²) in [4.78, 5) is 30.2. The molecule has 27 heavy (non-hydrogen) atoms. The Bertz CT molecular complexity index is 953. The van der Waals surface area contributed by atoms with Crippen LogP contribution in [0.25, 0.3) is 5.82 Å². The normalized spacial score (nSPS) is 13.5. The van der Waals surface area contributed by atoms with Gasteiger partial charge >= 0.3 is 6.03 Å². The third-order valence-corrected chi connectivity index (χ3v) is 4.28. The van der Waals surface area contributed by atoms with Crippen LogP contribution >= 0.6 is 0 Å². The molecule has 2 aromatic heterocycles. The molecule has 1 aromatic carbocycles. The molecule has 0 spiro atoms. The highest BCUT2D eigenvalue weighted by Crippen LogP contribution is 2.18.